The lowest BCUT2D eigenvalue weighted by Gasteiger charge is -2.41. The molecule has 5 nitrogen and oxygen atoms in total. The second-order valence-electron chi connectivity index (χ2n) is 8.30. The van der Waals surface area contributed by atoms with Crippen LogP contribution in [0, 0.1) is 6.92 Å². The van der Waals surface area contributed by atoms with Gasteiger partial charge in [0.2, 0.25) is 5.91 Å². The topological polar surface area (TPSA) is 43.9 Å². The zero-order valence-electron chi connectivity index (χ0n) is 17.5. The van der Waals surface area contributed by atoms with Crippen LogP contribution in [0.4, 0.5) is 11.4 Å². The van der Waals surface area contributed by atoms with E-state index in [1.165, 1.54) is 11.3 Å². The van der Waals surface area contributed by atoms with Gasteiger partial charge in [-0.2, -0.15) is 0 Å². The molecule has 2 aliphatic rings. The van der Waals surface area contributed by atoms with E-state index >= 15 is 0 Å². The maximum absolute atomic E-state index is 12.9. The quantitative estimate of drug-likeness (QED) is 0.750. The van der Waals surface area contributed by atoms with Crippen molar-refractivity contribution in [1.29, 1.82) is 0 Å². The molecule has 0 radical (unpaired) electrons. The first-order valence-corrected chi connectivity index (χ1v) is 10.4. The maximum atomic E-state index is 12.9. The zero-order chi connectivity index (χ0) is 20.5. The molecule has 0 bridgehead atoms. The highest BCUT2D eigenvalue weighted by Crippen LogP contribution is 2.29. The fourth-order valence-electron chi connectivity index (χ4n) is 4.49. The minimum atomic E-state index is 0.0586. The number of hydrogen-bond acceptors (Lipinski definition) is 4. The number of amides is 1. The highest BCUT2D eigenvalue weighted by atomic mass is 16.2. The lowest BCUT2D eigenvalue weighted by molar-refractivity contribution is -0.116. The molecule has 2 aliphatic heterocycles. The first kappa shape index (κ1) is 19.6. The summed E-state index contributed by atoms with van der Waals surface area (Å²) in [5.41, 5.74) is 5.33. The molecule has 0 saturated carbocycles. The Hall–Kier alpha value is -2.66. The van der Waals surface area contributed by atoms with Gasteiger partial charge < -0.3 is 9.80 Å². The Labute approximate surface area is 172 Å². The number of anilines is 2. The number of benzene rings is 2. The van der Waals surface area contributed by atoms with Crippen LogP contribution >= 0.6 is 0 Å². The van der Waals surface area contributed by atoms with Crippen LogP contribution < -0.4 is 9.80 Å². The normalized spacial score (nSPS) is 19.3. The fraction of sp³-hybridized carbons (Fsp3) is 0.417. The van der Waals surface area contributed by atoms with Gasteiger partial charge in [0.15, 0.2) is 5.78 Å². The summed E-state index contributed by atoms with van der Waals surface area (Å²) in [6, 6.07) is 14.8. The van der Waals surface area contributed by atoms with Crippen molar-refractivity contribution in [1.82, 2.24) is 4.90 Å². The minimum Gasteiger partial charge on any atom is -0.366 e. The Bertz CT molecular complexity index is 922. The predicted octanol–water partition coefficient (Wildman–Crippen LogP) is 3.30. The van der Waals surface area contributed by atoms with E-state index in [9.17, 15) is 9.59 Å². The van der Waals surface area contributed by atoms with Crippen molar-refractivity contribution < 1.29 is 9.59 Å². The van der Waals surface area contributed by atoms with Crippen LogP contribution in [0.3, 0.4) is 0 Å². The number of carbonyl (C=O) groups is 2. The molecule has 1 saturated heterocycles. The molecule has 4 rings (SSSR count). The van der Waals surface area contributed by atoms with Gasteiger partial charge in [0.1, 0.15) is 0 Å². The summed E-state index contributed by atoms with van der Waals surface area (Å²) in [5.74, 6) is 0.216. The Morgan fingerprint density at radius 3 is 2.48 bits per heavy atom. The summed E-state index contributed by atoms with van der Waals surface area (Å²) in [4.78, 5) is 31.1. The smallest absolute Gasteiger partial charge is 0.223 e. The van der Waals surface area contributed by atoms with Crippen LogP contribution in [0.25, 0.3) is 0 Å². The standard InChI is InChI=1S/C24H29N3O2/c1-17-4-7-22(8-5-17)26-13-12-25(15-18(26)2)16-24(29)21-6-9-23-20(14-21)10-11-27(23)19(3)28/h4-9,14,18H,10-13,15-16H2,1-3H3. The molecule has 1 unspecified atom stereocenters. The molecular formula is C24H29N3O2. The van der Waals surface area contributed by atoms with Gasteiger partial charge in [0, 0.05) is 56.1 Å². The molecule has 29 heavy (non-hydrogen) atoms. The minimum absolute atomic E-state index is 0.0586. The van der Waals surface area contributed by atoms with E-state index < -0.39 is 0 Å². The Kier molecular flexibility index (Phi) is 5.41. The molecule has 2 aromatic carbocycles. The number of carbonyl (C=O) groups excluding carboxylic acids is 2. The van der Waals surface area contributed by atoms with Crippen LogP contribution in [0.15, 0.2) is 42.5 Å². The summed E-state index contributed by atoms with van der Waals surface area (Å²) >= 11 is 0. The lowest BCUT2D eigenvalue weighted by Crippen LogP contribution is -2.53. The average Bonchev–Trinajstić information content (AvgIpc) is 3.12. The number of Topliss-reactive ketones (excluding diaryl/α,β-unsaturated/α-hetero) is 1. The van der Waals surface area contributed by atoms with Crippen LogP contribution in [-0.2, 0) is 11.2 Å². The molecule has 0 spiro atoms. The zero-order valence-corrected chi connectivity index (χ0v) is 17.5. The molecule has 0 aliphatic carbocycles. The Morgan fingerprint density at radius 2 is 1.79 bits per heavy atom. The third-order valence-electron chi connectivity index (χ3n) is 6.12. The summed E-state index contributed by atoms with van der Waals surface area (Å²) in [6.45, 7) is 9.76. The molecule has 5 heteroatoms. The van der Waals surface area contributed by atoms with Crippen molar-refractivity contribution in [3.8, 4) is 0 Å². The van der Waals surface area contributed by atoms with Gasteiger partial charge in [-0.25, -0.2) is 0 Å². The summed E-state index contributed by atoms with van der Waals surface area (Å²) in [6.07, 6.45) is 0.822. The van der Waals surface area contributed by atoms with Crippen LogP contribution in [0.2, 0.25) is 0 Å². The van der Waals surface area contributed by atoms with Gasteiger partial charge in [-0.1, -0.05) is 17.7 Å². The highest BCUT2D eigenvalue weighted by molar-refractivity contribution is 6.00. The summed E-state index contributed by atoms with van der Waals surface area (Å²) in [7, 11) is 0. The SMILES string of the molecule is CC(=O)N1CCc2cc(C(=O)CN3CCN(c4ccc(C)cc4)C(C)C3)ccc21. The van der Waals surface area contributed by atoms with E-state index in [-0.39, 0.29) is 11.7 Å². The third-order valence-corrected chi connectivity index (χ3v) is 6.12. The van der Waals surface area contributed by atoms with Gasteiger partial charge >= 0.3 is 0 Å². The Morgan fingerprint density at radius 1 is 1.03 bits per heavy atom. The van der Waals surface area contributed by atoms with Crippen molar-refractivity contribution >= 4 is 23.1 Å². The predicted molar refractivity (Wildman–Crippen MR) is 117 cm³/mol. The summed E-state index contributed by atoms with van der Waals surface area (Å²) in [5, 5.41) is 0. The molecule has 2 heterocycles. The van der Waals surface area contributed by atoms with Gasteiger partial charge in [0.05, 0.1) is 6.54 Å². The maximum Gasteiger partial charge on any atom is 0.223 e. The van der Waals surface area contributed by atoms with Crippen LogP contribution in [0.5, 0.6) is 0 Å². The number of piperazine rings is 1. The van der Waals surface area contributed by atoms with E-state index in [2.05, 4.69) is 47.9 Å². The lowest BCUT2D eigenvalue weighted by atomic mass is 10.0. The number of ketones is 1. The molecule has 152 valence electrons. The second-order valence-corrected chi connectivity index (χ2v) is 8.30. The average molecular weight is 392 g/mol. The largest absolute Gasteiger partial charge is 0.366 e. The second kappa shape index (κ2) is 7.99. The van der Waals surface area contributed by atoms with Crippen molar-refractivity contribution in [2.45, 2.75) is 33.2 Å². The molecule has 2 aromatic rings. The number of aryl methyl sites for hydroxylation is 1. The monoisotopic (exact) mass is 391 g/mol. The Balaban J connectivity index is 1.39. The molecular weight excluding hydrogens is 362 g/mol. The van der Waals surface area contributed by atoms with Gasteiger partial charge in [-0.15, -0.1) is 0 Å². The van der Waals surface area contributed by atoms with E-state index in [1.54, 1.807) is 11.8 Å². The van der Waals surface area contributed by atoms with E-state index in [4.69, 9.17) is 0 Å². The van der Waals surface area contributed by atoms with Crippen molar-refractivity contribution in [3.05, 3.63) is 59.2 Å². The van der Waals surface area contributed by atoms with E-state index in [0.717, 1.165) is 42.9 Å². The van der Waals surface area contributed by atoms with E-state index in [1.807, 2.05) is 18.2 Å². The number of hydrogen-bond donors (Lipinski definition) is 0. The fourth-order valence-corrected chi connectivity index (χ4v) is 4.49. The molecule has 1 fully saturated rings. The molecule has 0 aromatic heterocycles. The van der Waals surface area contributed by atoms with Crippen molar-refractivity contribution in [3.63, 3.8) is 0 Å². The number of nitrogens with zero attached hydrogens (tertiary/aromatic N) is 3. The van der Waals surface area contributed by atoms with Gasteiger partial charge in [-0.3, -0.25) is 14.5 Å². The van der Waals surface area contributed by atoms with Crippen LogP contribution in [0.1, 0.15) is 35.3 Å². The number of fused-ring (bicyclic) bond motifs is 1. The van der Waals surface area contributed by atoms with Gasteiger partial charge in [0.25, 0.3) is 0 Å². The highest BCUT2D eigenvalue weighted by Gasteiger charge is 2.27. The third kappa shape index (κ3) is 4.06. The summed E-state index contributed by atoms with van der Waals surface area (Å²) < 4.78 is 0. The van der Waals surface area contributed by atoms with Crippen molar-refractivity contribution in [2.24, 2.45) is 0 Å². The molecule has 0 N–H and O–H groups in total. The van der Waals surface area contributed by atoms with Crippen molar-refractivity contribution in [2.75, 3.05) is 42.5 Å². The number of rotatable bonds is 4. The molecule has 1 amide bonds. The molecule has 1 atom stereocenters. The first-order chi connectivity index (χ1) is 13.9. The van der Waals surface area contributed by atoms with E-state index in [0.29, 0.717) is 19.1 Å². The first-order valence-electron chi connectivity index (χ1n) is 10.4. The van der Waals surface area contributed by atoms with Crippen LogP contribution in [-0.4, -0.2) is 55.4 Å². The van der Waals surface area contributed by atoms with Gasteiger partial charge in [-0.05, 0) is 56.2 Å².